The van der Waals surface area contributed by atoms with Crippen molar-refractivity contribution in [1.82, 2.24) is 0 Å². The summed E-state index contributed by atoms with van der Waals surface area (Å²) in [5.74, 6) is 0. The van der Waals surface area contributed by atoms with Crippen LogP contribution in [-0.2, 0) is 0 Å². The summed E-state index contributed by atoms with van der Waals surface area (Å²) in [6.07, 6.45) is 7.56. The second-order valence-corrected chi connectivity index (χ2v) is 17.1. The molecular formula is C26H42Ce. The van der Waals surface area contributed by atoms with Gasteiger partial charge in [0.1, 0.15) is 0 Å². The Balaban J connectivity index is 2.54. The van der Waals surface area contributed by atoms with Crippen LogP contribution < -0.4 is 0 Å². The van der Waals surface area contributed by atoms with Gasteiger partial charge < -0.3 is 0 Å². The van der Waals surface area contributed by atoms with Gasteiger partial charge in [-0.2, -0.15) is 0 Å². The Labute approximate surface area is 190 Å². The molecule has 0 heterocycles. The molecule has 0 bridgehead atoms. The molecule has 27 heavy (non-hydrogen) atoms. The quantitative estimate of drug-likeness (QED) is 0.361. The molecule has 0 saturated carbocycles. The van der Waals surface area contributed by atoms with Crippen molar-refractivity contribution < 1.29 is 37.6 Å². The molecule has 0 aromatic carbocycles. The monoisotopic (exact) mass is 494 g/mol. The van der Waals surface area contributed by atoms with Gasteiger partial charge in [0.2, 0.25) is 0 Å². The van der Waals surface area contributed by atoms with E-state index in [1.807, 2.05) is 2.18 Å². The summed E-state index contributed by atoms with van der Waals surface area (Å²) in [7, 11) is 0. The second-order valence-electron chi connectivity index (χ2n) is 12.5. The first-order valence-electron chi connectivity index (χ1n) is 10.6. The minimum absolute atomic E-state index is 0.249. The second kappa shape index (κ2) is 7.55. The summed E-state index contributed by atoms with van der Waals surface area (Å²) >= 11 is -1.04. The topological polar surface area (TPSA) is 0 Å². The predicted molar refractivity (Wildman–Crippen MR) is 117 cm³/mol. The molecule has 0 fully saturated rings. The third-order valence-electron chi connectivity index (χ3n) is 5.58. The van der Waals surface area contributed by atoms with Gasteiger partial charge in [-0.15, -0.1) is 0 Å². The Hall–Kier alpha value is 0.337. The number of rotatable bonds is 2. The summed E-state index contributed by atoms with van der Waals surface area (Å²) < 4.78 is 3.71. The van der Waals surface area contributed by atoms with Crippen LogP contribution in [0.2, 0.25) is 0 Å². The summed E-state index contributed by atoms with van der Waals surface area (Å²) in [6, 6.07) is 0. The van der Waals surface area contributed by atoms with Gasteiger partial charge in [0.05, 0.1) is 0 Å². The Bertz CT molecular complexity index is 659. The average molecular weight is 495 g/mol. The zero-order valence-electron chi connectivity index (χ0n) is 20.1. The first kappa shape index (κ1) is 23.6. The van der Waals surface area contributed by atoms with E-state index in [0.29, 0.717) is 0 Å². The van der Waals surface area contributed by atoms with Crippen LogP contribution in [0.5, 0.6) is 0 Å². The van der Waals surface area contributed by atoms with Crippen LogP contribution >= 0.6 is 0 Å². The van der Waals surface area contributed by atoms with Gasteiger partial charge in [-0.3, -0.25) is 0 Å². The SMILES string of the molecule is CC(C)(C)C1=CC[C]([Ce][C]2=C(C(C)(C)C)C(C(C)(C)C)=CC2)=C1C(C)(C)C. The molecule has 2 aliphatic carbocycles. The van der Waals surface area contributed by atoms with E-state index in [4.69, 9.17) is 0 Å². The first-order chi connectivity index (χ1) is 11.9. The van der Waals surface area contributed by atoms with Crippen LogP contribution in [0.3, 0.4) is 0 Å². The molecule has 2 aliphatic rings. The van der Waals surface area contributed by atoms with E-state index >= 15 is 0 Å². The van der Waals surface area contributed by atoms with E-state index in [1.54, 1.807) is 22.3 Å². The molecule has 1 heteroatoms. The predicted octanol–water partition coefficient (Wildman–Crippen LogP) is 8.42. The van der Waals surface area contributed by atoms with Crippen molar-refractivity contribution in [1.29, 1.82) is 0 Å². The van der Waals surface area contributed by atoms with Gasteiger partial charge in [-0.05, 0) is 0 Å². The van der Waals surface area contributed by atoms with Crippen LogP contribution in [0, 0.1) is 59.2 Å². The molecule has 0 spiro atoms. The van der Waals surface area contributed by atoms with Gasteiger partial charge in [0.25, 0.3) is 0 Å². The summed E-state index contributed by atoms with van der Waals surface area (Å²) in [4.78, 5) is 0. The Morgan fingerprint density at radius 2 is 0.815 bits per heavy atom. The summed E-state index contributed by atoms with van der Waals surface area (Å²) in [6.45, 7) is 28.8. The number of hydrogen-bond donors (Lipinski definition) is 0. The number of allylic oxidation sites excluding steroid dienone is 8. The van der Waals surface area contributed by atoms with E-state index in [0.717, 1.165) is 0 Å². The van der Waals surface area contributed by atoms with Gasteiger partial charge in [0.15, 0.2) is 0 Å². The fraction of sp³-hybridized carbons (Fsp3) is 0.692. The van der Waals surface area contributed by atoms with Crippen LogP contribution in [-0.4, -0.2) is 0 Å². The number of hydrogen-bond acceptors (Lipinski definition) is 0. The third-order valence-corrected chi connectivity index (χ3v) is 10.3. The van der Waals surface area contributed by atoms with Crippen molar-refractivity contribution in [2.45, 2.75) is 95.9 Å². The minimum atomic E-state index is -1.04. The molecule has 0 nitrogen and oxygen atoms in total. The van der Waals surface area contributed by atoms with Gasteiger partial charge >= 0.3 is 192 Å². The Morgan fingerprint density at radius 3 is 1.04 bits per heavy atom. The van der Waals surface area contributed by atoms with Gasteiger partial charge in [-0.1, -0.05) is 0 Å². The van der Waals surface area contributed by atoms with E-state index in [2.05, 4.69) is 95.2 Å². The fourth-order valence-electron chi connectivity index (χ4n) is 4.63. The molecule has 150 valence electrons. The van der Waals surface area contributed by atoms with E-state index in [9.17, 15) is 0 Å². The Kier molecular flexibility index (Phi) is 6.60. The first-order valence-corrected chi connectivity index (χ1v) is 13.7. The molecule has 0 radical (unpaired) electrons. The van der Waals surface area contributed by atoms with E-state index in [-0.39, 0.29) is 21.7 Å². The van der Waals surface area contributed by atoms with Crippen molar-refractivity contribution >= 4 is 0 Å². The van der Waals surface area contributed by atoms with Crippen LogP contribution in [0.1, 0.15) is 95.9 Å². The molecular weight excluding hydrogens is 452 g/mol. The van der Waals surface area contributed by atoms with Crippen LogP contribution in [0.25, 0.3) is 0 Å². The fourth-order valence-corrected chi connectivity index (χ4v) is 11.0. The molecule has 0 aliphatic heterocycles. The van der Waals surface area contributed by atoms with Crippen molar-refractivity contribution in [2.24, 2.45) is 21.7 Å². The van der Waals surface area contributed by atoms with Crippen molar-refractivity contribution in [2.75, 3.05) is 0 Å². The molecule has 0 amide bonds. The molecule has 0 aromatic heterocycles. The van der Waals surface area contributed by atoms with E-state index in [1.165, 1.54) is 12.8 Å². The van der Waals surface area contributed by atoms with E-state index < -0.39 is 37.6 Å². The van der Waals surface area contributed by atoms with Crippen LogP contribution in [0.15, 0.2) is 36.6 Å². The Morgan fingerprint density at radius 1 is 0.519 bits per heavy atom. The third kappa shape index (κ3) is 5.28. The standard InChI is InChI=1S/2C13H21.Ce/c2*1-12(2,3)10-8-7-9-11(10)13(4,5)6;/h2*8H,7H2,1-6H3;. The molecule has 0 atom stereocenters. The summed E-state index contributed by atoms with van der Waals surface area (Å²) in [5, 5.41) is 0. The van der Waals surface area contributed by atoms with Crippen LogP contribution in [0.4, 0.5) is 0 Å². The van der Waals surface area contributed by atoms with Crippen molar-refractivity contribution in [3.8, 4) is 0 Å². The normalized spacial score (nSPS) is 19.7. The zero-order valence-corrected chi connectivity index (χ0v) is 23.2. The van der Waals surface area contributed by atoms with Crippen molar-refractivity contribution in [3.63, 3.8) is 0 Å². The van der Waals surface area contributed by atoms with Gasteiger partial charge in [0, 0.05) is 0 Å². The maximum atomic E-state index is 2.56. The molecule has 0 N–H and O–H groups in total. The van der Waals surface area contributed by atoms with Crippen molar-refractivity contribution in [3.05, 3.63) is 36.6 Å². The molecule has 0 aromatic rings. The molecule has 2 rings (SSSR count). The van der Waals surface area contributed by atoms with Gasteiger partial charge in [-0.25, -0.2) is 0 Å². The summed E-state index contributed by atoms with van der Waals surface area (Å²) in [5.41, 5.74) is 7.67. The zero-order chi connectivity index (χ0) is 21.0. The molecule has 0 saturated heterocycles. The average Bonchev–Trinajstić information content (AvgIpc) is 3.00. The maximum absolute atomic E-state index is 2.56. The molecule has 0 unspecified atom stereocenters.